The van der Waals surface area contributed by atoms with Crippen LogP contribution in [-0.2, 0) is 14.3 Å². The van der Waals surface area contributed by atoms with Gasteiger partial charge in [0, 0.05) is 12.8 Å². The van der Waals surface area contributed by atoms with E-state index in [1.807, 2.05) is 0 Å². The van der Waals surface area contributed by atoms with Crippen LogP contribution in [0.4, 0.5) is 0 Å². The Morgan fingerprint density at radius 2 is 0.642 bits per heavy atom. The minimum Gasteiger partial charge on any atom is -0.466 e. The summed E-state index contributed by atoms with van der Waals surface area (Å²) < 4.78 is 5.48. The molecule has 2 atom stereocenters. The molecule has 0 heterocycles. The number of aliphatic hydroxyl groups excluding tert-OH is 2. The van der Waals surface area contributed by atoms with Gasteiger partial charge in [-0.2, -0.15) is 0 Å². The second kappa shape index (κ2) is 70.8. The summed E-state index contributed by atoms with van der Waals surface area (Å²) in [7, 11) is 0. The van der Waals surface area contributed by atoms with Crippen LogP contribution in [0.5, 0.6) is 0 Å². The molecule has 0 aromatic heterocycles. The molecule has 0 aromatic carbocycles. The van der Waals surface area contributed by atoms with Crippen molar-refractivity contribution in [3.63, 3.8) is 0 Å². The first-order valence-corrected chi connectivity index (χ1v) is 37.1. The third-order valence-corrected chi connectivity index (χ3v) is 17.5. The Labute approximate surface area is 507 Å². The van der Waals surface area contributed by atoms with Gasteiger partial charge in [0.1, 0.15) is 0 Å². The Hall–Kier alpha value is -1.66. The van der Waals surface area contributed by atoms with Crippen LogP contribution < -0.4 is 5.32 Å². The zero-order valence-electron chi connectivity index (χ0n) is 55.0. The minimum atomic E-state index is -0.663. The van der Waals surface area contributed by atoms with Gasteiger partial charge in [-0.25, -0.2) is 0 Å². The molecule has 0 rings (SSSR count). The molecule has 0 aliphatic carbocycles. The van der Waals surface area contributed by atoms with Crippen LogP contribution in [0.15, 0.2) is 24.3 Å². The first-order chi connectivity index (χ1) is 40.0. The molecule has 0 saturated heterocycles. The number of carbonyl (C=O) groups excluding carboxylic acids is 2. The smallest absolute Gasteiger partial charge is 0.305 e. The molecular formula is C75H145NO5. The third kappa shape index (κ3) is 67.3. The van der Waals surface area contributed by atoms with E-state index in [9.17, 15) is 19.8 Å². The van der Waals surface area contributed by atoms with Gasteiger partial charge >= 0.3 is 5.97 Å². The fraction of sp³-hybridized carbons (Fsp3) is 0.920. The lowest BCUT2D eigenvalue weighted by molar-refractivity contribution is -0.143. The van der Waals surface area contributed by atoms with Gasteiger partial charge in [-0.05, 0) is 51.4 Å². The molecule has 6 nitrogen and oxygen atoms in total. The summed E-state index contributed by atoms with van der Waals surface area (Å²) >= 11 is 0. The molecule has 0 fully saturated rings. The second-order valence-electron chi connectivity index (χ2n) is 25.6. The zero-order chi connectivity index (χ0) is 58.5. The van der Waals surface area contributed by atoms with Crippen LogP contribution in [0.3, 0.4) is 0 Å². The van der Waals surface area contributed by atoms with Crippen LogP contribution in [-0.4, -0.2) is 47.4 Å². The van der Waals surface area contributed by atoms with Crippen LogP contribution in [0.25, 0.3) is 0 Å². The van der Waals surface area contributed by atoms with Crippen molar-refractivity contribution in [2.75, 3.05) is 13.2 Å². The highest BCUT2D eigenvalue weighted by Gasteiger charge is 2.20. The SMILES string of the molecule is CCC/C=C\C/C=C\CCCCCCCC(=O)OCCCCCCCCCCCCCCCCCCCCCCCCCCCCCCCC(=O)NC(CO)C(O)CCCCCCCCCCCCCCCCCCCCCCCC. The standard InChI is InChI=1S/C75H145NO5/c1-3-5-7-9-11-13-15-17-18-19-20-21-31-34-37-40-44-47-51-55-59-63-67-73(78)72(71-77)76-74(79)68-64-60-56-52-48-45-41-38-35-32-29-27-25-23-22-24-26-28-30-33-36-39-42-46-50-54-58-62-66-70-81-75(80)69-65-61-57-53-49-43-16-14-12-10-8-6-4-2/h8,10,14,16,72-73,77-78H,3-7,9,11-13,15,17-71H2,1-2H3,(H,76,79)/b10-8-,16-14-. The van der Waals surface area contributed by atoms with Crippen molar-refractivity contribution in [2.24, 2.45) is 0 Å². The van der Waals surface area contributed by atoms with Crippen molar-refractivity contribution in [3.8, 4) is 0 Å². The van der Waals surface area contributed by atoms with E-state index in [4.69, 9.17) is 4.74 Å². The molecule has 0 bridgehead atoms. The van der Waals surface area contributed by atoms with Gasteiger partial charge in [0.15, 0.2) is 0 Å². The largest absolute Gasteiger partial charge is 0.466 e. The average Bonchev–Trinajstić information content (AvgIpc) is 3.47. The molecule has 6 heteroatoms. The predicted octanol–water partition coefficient (Wildman–Crippen LogP) is 24.1. The number of hydrogen-bond donors (Lipinski definition) is 3. The van der Waals surface area contributed by atoms with Gasteiger partial charge in [0.25, 0.3) is 0 Å². The van der Waals surface area contributed by atoms with E-state index in [1.54, 1.807) is 0 Å². The van der Waals surface area contributed by atoms with Crippen molar-refractivity contribution in [2.45, 2.75) is 431 Å². The van der Waals surface area contributed by atoms with Gasteiger partial charge in [0.05, 0.1) is 25.4 Å². The van der Waals surface area contributed by atoms with Crippen LogP contribution in [0.1, 0.15) is 418 Å². The topological polar surface area (TPSA) is 95.9 Å². The van der Waals surface area contributed by atoms with Crippen molar-refractivity contribution in [1.82, 2.24) is 5.32 Å². The summed E-state index contributed by atoms with van der Waals surface area (Å²) in [6, 6.07) is -0.540. The third-order valence-electron chi connectivity index (χ3n) is 17.5. The number of rotatable bonds is 70. The number of allylic oxidation sites excluding steroid dienone is 4. The van der Waals surface area contributed by atoms with E-state index < -0.39 is 12.1 Å². The minimum absolute atomic E-state index is 0.00487. The monoisotopic (exact) mass is 1140 g/mol. The Bertz CT molecular complexity index is 1270. The number of esters is 1. The predicted molar refractivity (Wildman–Crippen MR) is 356 cm³/mol. The normalized spacial score (nSPS) is 12.6. The second-order valence-corrected chi connectivity index (χ2v) is 25.6. The van der Waals surface area contributed by atoms with Crippen molar-refractivity contribution in [1.29, 1.82) is 0 Å². The van der Waals surface area contributed by atoms with E-state index >= 15 is 0 Å². The number of amides is 1. The van der Waals surface area contributed by atoms with Gasteiger partial charge in [-0.3, -0.25) is 9.59 Å². The van der Waals surface area contributed by atoms with Crippen molar-refractivity contribution in [3.05, 3.63) is 24.3 Å². The number of aliphatic hydroxyl groups is 2. The molecule has 0 aromatic rings. The van der Waals surface area contributed by atoms with Gasteiger partial charge in [0.2, 0.25) is 5.91 Å². The lowest BCUT2D eigenvalue weighted by atomic mass is 10.0. The molecule has 0 spiro atoms. The van der Waals surface area contributed by atoms with E-state index in [2.05, 4.69) is 43.5 Å². The molecule has 2 unspecified atom stereocenters. The Balaban J connectivity index is 3.34. The number of hydrogen-bond acceptors (Lipinski definition) is 5. The van der Waals surface area contributed by atoms with E-state index in [0.29, 0.717) is 25.9 Å². The molecule has 0 radical (unpaired) electrons. The van der Waals surface area contributed by atoms with Gasteiger partial charge in [-0.1, -0.05) is 378 Å². The summed E-state index contributed by atoms with van der Waals surface area (Å²) in [4.78, 5) is 24.6. The molecule has 0 aliphatic rings. The Morgan fingerprint density at radius 1 is 0.346 bits per heavy atom. The summed E-state index contributed by atoms with van der Waals surface area (Å²) in [5.74, 6) is -0.0216. The molecule has 3 N–H and O–H groups in total. The Morgan fingerprint density at radius 3 is 0.988 bits per heavy atom. The first kappa shape index (κ1) is 79.3. The molecular weight excluding hydrogens is 995 g/mol. The lowest BCUT2D eigenvalue weighted by Gasteiger charge is -2.22. The van der Waals surface area contributed by atoms with Crippen molar-refractivity contribution >= 4 is 11.9 Å². The summed E-state index contributed by atoms with van der Waals surface area (Å²) in [5.41, 5.74) is 0. The highest BCUT2D eigenvalue weighted by atomic mass is 16.5. The van der Waals surface area contributed by atoms with E-state index in [1.165, 1.54) is 334 Å². The maximum absolute atomic E-state index is 12.6. The quantitative estimate of drug-likeness (QED) is 0.0320. The maximum atomic E-state index is 12.6. The van der Waals surface area contributed by atoms with Crippen molar-refractivity contribution < 1.29 is 24.5 Å². The van der Waals surface area contributed by atoms with Crippen LogP contribution in [0.2, 0.25) is 0 Å². The summed E-state index contributed by atoms with van der Waals surface area (Å²) in [6.07, 6.45) is 89.6. The van der Waals surface area contributed by atoms with Gasteiger partial charge in [-0.15, -0.1) is 0 Å². The average molecular weight is 1140 g/mol. The molecule has 0 aliphatic heterocycles. The molecule has 480 valence electrons. The number of unbranched alkanes of at least 4 members (excludes halogenated alkanes) is 55. The number of carbonyl (C=O) groups is 2. The van der Waals surface area contributed by atoms with Gasteiger partial charge < -0.3 is 20.3 Å². The first-order valence-electron chi connectivity index (χ1n) is 37.1. The lowest BCUT2D eigenvalue weighted by Crippen LogP contribution is -2.45. The summed E-state index contributed by atoms with van der Waals surface area (Å²) in [5, 5.41) is 23.5. The van der Waals surface area contributed by atoms with E-state index in [0.717, 1.165) is 51.4 Å². The number of nitrogens with one attached hydrogen (secondary N) is 1. The summed E-state index contributed by atoms with van der Waals surface area (Å²) in [6.45, 7) is 4.93. The van der Waals surface area contributed by atoms with Crippen LogP contribution >= 0.6 is 0 Å². The van der Waals surface area contributed by atoms with E-state index in [-0.39, 0.29) is 18.5 Å². The fourth-order valence-corrected chi connectivity index (χ4v) is 11.9. The van der Waals surface area contributed by atoms with Crippen LogP contribution in [0, 0.1) is 0 Å². The highest BCUT2D eigenvalue weighted by molar-refractivity contribution is 5.76. The fourth-order valence-electron chi connectivity index (χ4n) is 11.9. The zero-order valence-corrected chi connectivity index (χ0v) is 55.0. The molecule has 0 saturated carbocycles. The molecule has 1 amide bonds. The maximum Gasteiger partial charge on any atom is 0.305 e. The Kier molecular flexibility index (Phi) is 69.4. The highest BCUT2D eigenvalue weighted by Crippen LogP contribution is 2.20. The molecule has 81 heavy (non-hydrogen) atoms. The number of ether oxygens (including phenoxy) is 1.